The van der Waals surface area contributed by atoms with Gasteiger partial charge < -0.3 is 10.4 Å². The number of piperidine rings is 2. The Hall–Kier alpha value is -0.610. The predicted octanol–water partition coefficient (Wildman–Crippen LogP) is 0.535. The fourth-order valence-electron chi connectivity index (χ4n) is 2.67. The number of carboxylic acids is 1. The molecule has 4 nitrogen and oxygen atoms in total. The molecule has 2 atom stereocenters. The summed E-state index contributed by atoms with van der Waals surface area (Å²) in [5, 5.41) is 12.2. The lowest BCUT2D eigenvalue weighted by Gasteiger charge is -2.38. The van der Waals surface area contributed by atoms with E-state index in [9.17, 15) is 4.79 Å². The number of likely N-dealkylation sites (tertiary alicyclic amines) is 1. The first-order valence-corrected chi connectivity index (χ1v) is 5.95. The van der Waals surface area contributed by atoms with Crippen molar-refractivity contribution in [2.24, 2.45) is 5.92 Å². The second-order valence-corrected chi connectivity index (χ2v) is 4.68. The molecule has 0 spiro atoms. The van der Waals surface area contributed by atoms with Crippen molar-refractivity contribution in [2.75, 3.05) is 26.2 Å². The van der Waals surface area contributed by atoms with Crippen molar-refractivity contribution in [3.8, 4) is 0 Å². The van der Waals surface area contributed by atoms with Crippen LogP contribution in [0.5, 0.6) is 0 Å². The number of hydrogen-bond donors (Lipinski definition) is 2. The van der Waals surface area contributed by atoms with E-state index < -0.39 is 5.97 Å². The normalized spacial score (nSPS) is 33.9. The van der Waals surface area contributed by atoms with Gasteiger partial charge in [0.25, 0.3) is 0 Å². The van der Waals surface area contributed by atoms with Gasteiger partial charge in [0.05, 0.1) is 5.92 Å². The summed E-state index contributed by atoms with van der Waals surface area (Å²) in [7, 11) is 0. The summed E-state index contributed by atoms with van der Waals surface area (Å²) in [5.41, 5.74) is 0. The lowest BCUT2D eigenvalue weighted by molar-refractivity contribution is -0.143. The molecule has 0 unspecified atom stereocenters. The van der Waals surface area contributed by atoms with Crippen LogP contribution in [0.2, 0.25) is 0 Å². The van der Waals surface area contributed by atoms with Gasteiger partial charge in [-0.3, -0.25) is 9.69 Å². The molecule has 15 heavy (non-hydrogen) atoms. The molecule has 0 saturated carbocycles. The van der Waals surface area contributed by atoms with Crippen molar-refractivity contribution in [1.82, 2.24) is 10.2 Å². The third-order valence-electron chi connectivity index (χ3n) is 3.58. The van der Waals surface area contributed by atoms with Crippen LogP contribution in [-0.2, 0) is 4.79 Å². The van der Waals surface area contributed by atoms with Gasteiger partial charge in [0.1, 0.15) is 0 Å². The molecule has 2 aliphatic heterocycles. The minimum Gasteiger partial charge on any atom is -0.481 e. The third-order valence-corrected chi connectivity index (χ3v) is 3.58. The molecule has 2 heterocycles. The Balaban J connectivity index is 1.88. The average Bonchev–Trinajstić information content (AvgIpc) is 2.30. The topological polar surface area (TPSA) is 52.6 Å². The maximum absolute atomic E-state index is 10.9. The van der Waals surface area contributed by atoms with Crippen molar-refractivity contribution >= 4 is 5.97 Å². The van der Waals surface area contributed by atoms with Gasteiger partial charge in [-0.15, -0.1) is 0 Å². The van der Waals surface area contributed by atoms with Crippen molar-refractivity contribution in [2.45, 2.75) is 31.7 Å². The number of nitrogens with one attached hydrogen (secondary N) is 1. The fraction of sp³-hybridized carbons (Fsp3) is 0.909. The summed E-state index contributed by atoms with van der Waals surface area (Å²) in [6.07, 6.45) is 4.70. The summed E-state index contributed by atoms with van der Waals surface area (Å²) in [5.74, 6) is -0.838. The van der Waals surface area contributed by atoms with E-state index in [1.54, 1.807) is 0 Å². The number of hydrogen-bond acceptors (Lipinski definition) is 3. The molecular formula is C11H20N2O2. The van der Waals surface area contributed by atoms with Crippen LogP contribution in [-0.4, -0.2) is 48.2 Å². The number of carboxylic acid groups (broad SMARTS) is 1. The van der Waals surface area contributed by atoms with Crippen LogP contribution in [0.1, 0.15) is 25.7 Å². The number of carbonyl (C=O) groups is 1. The molecule has 2 rings (SSSR count). The summed E-state index contributed by atoms with van der Waals surface area (Å²) in [6, 6.07) is 0.445. The van der Waals surface area contributed by atoms with Crippen LogP contribution in [0.3, 0.4) is 0 Å². The van der Waals surface area contributed by atoms with Gasteiger partial charge in [-0.05, 0) is 32.4 Å². The van der Waals surface area contributed by atoms with Crippen LogP contribution < -0.4 is 5.32 Å². The lowest BCUT2D eigenvalue weighted by Crippen LogP contribution is -2.51. The van der Waals surface area contributed by atoms with Crippen molar-refractivity contribution in [3.63, 3.8) is 0 Å². The van der Waals surface area contributed by atoms with Crippen molar-refractivity contribution in [1.29, 1.82) is 0 Å². The highest BCUT2D eigenvalue weighted by Gasteiger charge is 2.30. The van der Waals surface area contributed by atoms with E-state index in [0.29, 0.717) is 12.6 Å². The smallest absolute Gasteiger partial charge is 0.307 e. The molecule has 4 heteroatoms. The van der Waals surface area contributed by atoms with Gasteiger partial charge in [0.15, 0.2) is 0 Å². The van der Waals surface area contributed by atoms with Gasteiger partial charge in [0.2, 0.25) is 0 Å². The molecule has 0 aliphatic carbocycles. The van der Waals surface area contributed by atoms with Gasteiger partial charge >= 0.3 is 5.97 Å². The molecule has 2 aliphatic rings. The standard InChI is InChI=1S/C11H20N2O2/c14-11(15)9-6-10(8-12-7-9)13-4-2-1-3-5-13/h9-10,12H,1-8H2,(H,14,15)/t9-,10-/m1/s1. The Labute approximate surface area is 90.6 Å². The highest BCUT2D eigenvalue weighted by molar-refractivity contribution is 5.70. The zero-order valence-electron chi connectivity index (χ0n) is 9.11. The Morgan fingerprint density at radius 3 is 2.60 bits per heavy atom. The summed E-state index contributed by atoms with van der Waals surface area (Å²) < 4.78 is 0. The van der Waals surface area contributed by atoms with Crippen LogP contribution >= 0.6 is 0 Å². The quantitative estimate of drug-likeness (QED) is 0.701. The Kier molecular flexibility index (Phi) is 3.59. The van der Waals surface area contributed by atoms with Crippen LogP contribution in [0, 0.1) is 5.92 Å². The molecular weight excluding hydrogens is 192 g/mol. The molecule has 0 aromatic rings. The van der Waals surface area contributed by atoms with E-state index in [1.807, 2.05) is 0 Å². The highest BCUT2D eigenvalue weighted by atomic mass is 16.4. The third kappa shape index (κ3) is 2.69. The summed E-state index contributed by atoms with van der Waals surface area (Å²) >= 11 is 0. The minimum absolute atomic E-state index is 0.189. The summed E-state index contributed by atoms with van der Waals surface area (Å²) in [6.45, 7) is 3.90. The molecule has 86 valence electrons. The van der Waals surface area contributed by atoms with Crippen molar-refractivity contribution in [3.05, 3.63) is 0 Å². The average molecular weight is 212 g/mol. The monoisotopic (exact) mass is 212 g/mol. The van der Waals surface area contributed by atoms with Crippen LogP contribution in [0.15, 0.2) is 0 Å². The van der Waals surface area contributed by atoms with E-state index in [2.05, 4.69) is 10.2 Å². The molecule has 2 fully saturated rings. The van der Waals surface area contributed by atoms with E-state index in [-0.39, 0.29) is 5.92 Å². The molecule has 0 aromatic carbocycles. The van der Waals surface area contributed by atoms with E-state index in [4.69, 9.17) is 5.11 Å². The Bertz CT molecular complexity index is 227. The minimum atomic E-state index is -0.649. The van der Waals surface area contributed by atoms with Crippen LogP contribution in [0.4, 0.5) is 0 Å². The van der Waals surface area contributed by atoms with Gasteiger partial charge in [-0.25, -0.2) is 0 Å². The number of aliphatic carboxylic acids is 1. The molecule has 2 saturated heterocycles. The highest BCUT2D eigenvalue weighted by Crippen LogP contribution is 2.20. The van der Waals surface area contributed by atoms with Crippen molar-refractivity contribution < 1.29 is 9.90 Å². The first kappa shape index (κ1) is 10.9. The molecule has 0 radical (unpaired) electrons. The lowest BCUT2D eigenvalue weighted by atomic mass is 9.93. The first-order valence-electron chi connectivity index (χ1n) is 5.95. The van der Waals surface area contributed by atoms with E-state index in [0.717, 1.165) is 26.1 Å². The number of rotatable bonds is 2. The van der Waals surface area contributed by atoms with Gasteiger partial charge in [-0.2, -0.15) is 0 Å². The Morgan fingerprint density at radius 2 is 1.93 bits per heavy atom. The SMILES string of the molecule is O=C(O)[C@H]1CNC[C@H](N2CCCCC2)C1. The second kappa shape index (κ2) is 4.94. The predicted molar refractivity (Wildman–Crippen MR) is 57.8 cm³/mol. The molecule has 0 amide bonds. The second-order valence-electron chi connectivity index (χ2n) is 4.68. The number of nitrogens with zero attached hydrogens (tertiary/aromatic N) is 1. The zero-order valence-corrected chi connectivity index (χ0v) is 9.11. The molecule has 0 bridgehead atoms. The Morgan fingerprint density at radius 1 is 1.20 bits per heavy atom. The fourth-order valence-corrected chi connectivity index (χ4v) is 2.67. The van der Waals surface area contributed by atoms with Gasteiger partial charge in [0, 0.05) is 19.1 Å². The largest absolute Gasteiger partial charge is 0.481 e. The van der Waals surface area contributed by atoms with E-state index >= 15 is 0 Å². The zero-order chi connectivity index (χ0) is 10.7. The molecule has 2 N–H and O–H groups in total. The maximum Gasteiger partial charge on any atom is 0.307 e. The van der Waals surface area contributed by atoms with Gasteiger partial charge in [-0.1, -0.05) is 6.42 Å². The maximum atomic E-state index is 10.9. The van der Waals surface area contributed by atoms with Crippen LogP contribution in [0.25, 0.3) is 0 Å². The first-order chi connectivity index (χ1) is 7.27. The summed E-state index contributed by atoms with van der Waals surface area (Å²) in [4.78, 5) is 13.4. The molecule has 0 aromatic heterocycles. The van der Waals surface area contributed by atoms with E-state index in [1.165, 1.54) is 19.3 Å².